The average molecular weight is 419 g/mol. The lowest BCUT2D eigenvalue weighted by atomic mass is 9.90. The summed E-state index contributed by atoms with van der Waals surface area (Å²) in [4.78, 5) is 39.1. The molecule has 4 rings (SSSR count). The van der Waals surface area contributed by atoms with E-state index in [1.54, 1.807) is 32.0 Å². The minimum atomic E-state index is -1.26. The minimum Gasteiger partial charge on any atom is -0.348 e. The molecule has 0 radical (unpaired) electrons. The number of hydrogen-bond acceptors (Lipinski definition) is 3. The molecule has 31 heavy (non-hydrogen) atoms. The van der Waals surface area contributed by atoms with Crippen LogP contribution < -0.4 is 10.6 Å². The number of amides is 4. The molecule has 1 aliphatic heterocycles. The van der Waals surface area contributed by atoms with Gasteiger partial charge in [-0.15, -0.1) is 0 Å². The van der Waals surface area contributed by atoms with Crippen molar-refractivity contribution in [1.29, 1.82) is 0 Å². The van der Waals surface area contributed by atoms with Crippen LogP contribution in [0.3, 0.4) is 0 Å². The maximum absolute atomic E-state index is 13.1. The maximum Gasteiger partial charge on any atom is 0.325 e. The number of nitrogens with zero attached hydrogens (tertiary/aromatic N) is 1. The molecule has 2 atom stereocenters. The predicted octanol–water partition coefficient (Wildman–Crippen LogP) is 3.62. The average Bonchev–Trinajstić information content (AvgIpc) is 2.97. The fourth-order valence-electron chi connectivity index (χ4n) is 3.80. The number of carbonyl (C=O) groups excluding carboxylic acids is 3. The number of carbonyl (C=O) groups is 3. The highest BCUT2D eigenvalue weighted by atomic mass is 19.1. The van der Waals surface area contributed by atoms with Crippen LogP contribution in [0.1, 0.15) is 31.0 Å². The zero-order valence-electron chi connectivity index (χ0n) is 17.2. The Balaban J connectivity index is 1.49. The van der Waals surface area contributed by atoms with Gasteiger partial charge in [0.25, 0.3) is 5.91 Å². The van der Waals surface area contributed by atoms with Crippen molar-refractivity contribution in [1.82, 2.24) is 15.5 Å². The number of fused-ring (bicyclic) bond motifs is 1. The Morgan fingerprint density at radius 3 is 2.45 bits per heavy atom. The zero-order chi connectivity index (χ0) is 22.2. The van der Waals surface area contributed by atoms with Gasteiger partial charge >= 0.3 is 6.03 Å². The molecule has 3 aromatic rings. The number of benzene rings is 3. The SMILES string of the molecule is C[C@@H](NC(=O)CN1C(=O)N[C@](C)(c2ccc3ccccc3c2)C1=O)c1ccc(F)cc1. The summed E-state index contributed by atoms with van der Waals surface area (Å²) in [5.74, 6) is -1.34. The lowest BCUT2D eigenvalue weighted by Gasteiger charge is -2.23. The van der Waals surface area contributed by atoms with E-state index in [9.17, 15) is 18.8 Å². The number of urea groups is 1. The van der Waals surface area contributed by atoms with Gasteiger partial charge in [-0.2, -0.15) is 0 Å². The summed E-state index contributed by atoms with van der Waals surface area (Å²) in [5.41, 5.74) is 0.101. The van der Waals surface area contributed by atoms with E-state index < -0.39 is 36.0 Å². The van der Waals surface area contributed by atoms with E-state index in [1.165, 1.54) is 12.1 Å². The zero-order valence-corrected chi connectivity index (χ0v) is 17.2. The van der Waals surface area contributed by atoms with E-state index in [1.807, 2.05) is 36.4 Å². The molecule has 1 aliphatic rings. The first-order chi connectivity index (χ1) is 14.8. The number of rotatable bonds is 5. The molecule has 7 heteroatoms. The Kier molecular flexibility index (Phi) is 5.19. The number of imide groups is 1. The van der Waals surface area contributed by atoms with E-state index in [0.717, 1.165) is 15.7 Å². The summed E-state index contributed by atoms with van der Waals surface area (Å²) in [6.07, 6.45) is 0. The lowest BCUT2D eigenvalue weighted by Crippen LogP contribution is -2.43. The van der Waals surface area contributed by atoms with Crippen LogP contribution in [0.15, 0.2) is 66.7 Å². The monoisotopic (exact) mass is 419 g/mol. The molecule has 4 amide bonds. The van der Waals surface area contributed by atoms with Gasteiger partial charge in [-0.1, -0.05) is 48.5 Å². The van der Waals surface area contributed by atoms with Gasteiger partial charge in [-0.25, -0.2) is 9.18 Å². The molecule has 0 spiro atoms. The van der Waals surface area contributed by atoms with Crippen molar-refractivity contribution >= 4 is 28.6 Å². The molecule has 2 N–H and O–H groups in total. The van der Waals surface area contributed by atoms with Crippen molar-refractivity contribution in [2.75, 3.05) is 6.54 Å². The molecule has 0 bridgehead atoms. The Hall–Kier alpha value is -3.74. The third kappa shape index (κ3) is 3.86. The molecule has 0 aromatic heterocycles. The van der Waals surface area contributed by atoms with Gasteiger partial charge < -0.3 is 10.6 Å². The minimum absolute atomic E-state index is 0.366. The first-order valence-electron chi connectivity index (χ1n) is 9.96. The highest BCUT2D eigenvalue weighted by Gasteiger charge is 2.49. The summed E-state index contributed by atoms with van der Waals surface area (Å²) in [6, 6.07) is 18.1. The molecular weight excluding hydrogens is 397 g/mol. The van der Waals surface area contributed by atoms with Gasteiger partial charge in [0.1, 0.15) is 17.9 Å². The van der Waals surface area contributed by atoms with Gasteiger partial charge in [0.2, 0.25) is 5.91 Å². The van der Waals surface area contributed by atoms with Crippen molar-refractivity contribution in [2.45, 2.75) is 25.4 Å². The molecule has 3 aromatic carbocycles. The van der Waals surface area contributed by atoms with Gasteiger partial charge in [-0.3, -0.25) is 14.5 Å². The van der Waals surface area contributed by atoms with Gasteiger partial charge in [0.15, 0.2) is 0 Å². The summed E-state index contributed by atoms with van der Waals surface area (Å²) in [7, 11) is 0. The van der Waals surface area contributed by atoms with Crippen LogP contribution in [0.2, 0.25) is 0 Å². The molecule has 0 unspecified atom stereocenters. The third-order valence-electron chi connectivity index (χ3n) is 5.65. The van der Waals surface area contributed by atoms with Crippen LogP contribution in [0.5, 0.6) is 0 Å². The maximum atomic E-state index is 13.1. The van der Waals surface area contributed by atoms with Crippen LogP contribution in [0, 0.1) is 5.82 Å². The molecule has 0 aliphatic carbocycles. The molecule has 1 saturated heterocycles. The second kappa shape index (κ2) is 7.83. The Morgan fingerprint density at radius 2 is 1.74 bits per heavy atom. The van der Waals surface area contributed by atoms with Gasteiger partial charge in [0.05, 0.1) is 6.04 Å². The molecular formula is C24H22FN3O3. The van der Waals surface area contributed by atoms with Crippen LogP contribution in [0.4, 0.5) is 9.18 Å². The molecule has 158 valence electrons. The topological polar surface area (TPSA) is 78.5 Å². The summed E-state index contributed by atoms with van der Waals surface area (Å²) < 4.78 is 13.1. The lowest BCUT2D eigenvalue weighted by molar-refractivity contribution is -0.135. The quantitative estimate of drug-likeness (QED) is 0.620. The summed E-state index contributed by atoms with van der Waals surface area (Å²) >= 11 is 0. The largest absolute Gasteiger partial charge is 0.348 e. The van der Waals surface area contributed by atoms with Crippen molar-refractivity contribution in [3.63, 3.8) is 0 Å². The van der Waals surface area contributed by atoms with Crippen LogP contribution >= 0.6 is 0 Å². The fraction of sp³-hybridized carbons (Fsp3) is 0.208. The predicted molar refractivity (Wildman–Crippen MR) is 115 cm³/mol. The Labute approximate surface area is 179 Å². The van der Waals surface area contributed by atoms with Crippen LogP contribution in [0.25, 0.3) is 10.8 Å². The van der Waals surface area contributed by atoms with Crippen molar-refractivity contribution in [3.05, 3.63) is 83.7 Å². The standard InChI is InChI=1S/C24H22FN3O3/c1-15(16-8-11-20(25)12-9-16)26-21(29)14-28-22(30)24(2,27-23(28)31)19-10-7-17-5-3-4-6-18(17)13-19/h3-13,15H,14H2,1-2H3,(H,26,29)(H,27,31)/t15-,24-/m1/s1. The first kappa shape index (κ1) is 20.5. The Morgan fingerprint density at radius 1 is 1.06 bits per heavy atom. The second-order valence-corrected chi connectivity index (χ2v) is 7.85. The van der Waals surface area contributed by atoms with E-state index in [0.29, 0.717) is 11.1 Å². The Bertz CT molecular complexity index is 1180. The van der Waals surface area contributed by atoms with E-state index >= 15 is 0 Å². The van der Waals surface area contributed by atoms with E-state index in [-0.39, 0.29) is 5.82 Å². The number of hydrogen-bond donors (Lipinski definition) is 2. The smallest absolute Gasteiger partial charge is 0.325 e. The normalized spacial score (nSPS) is 19.4. The molecule has 6 nitrogen and oxygen atoms in total. The molecule has 1 heterocycles. The first-order valence-corrected chi connectivity index (χ1v) is 9.96. The van der Waals surface area contributed by atoms with Crippen molar-refractivity contribution < 1.29 is 18.8 Å². The fourth-order valence-corrected chi connectivity index (χ4v) is 3.80. The van der Waals surface area contributed by atoms with Gasteiger partial charge in [0, 0.05) is 0 Å². The van der Waals surface area contributed by atoms with Crippen LogP contribution in [-0.4, -0.2) is 29.3 Å². The van der Waals surface area contributed by atoms with E-state index in [2.05, 4.69) is 10.6 Å². The van der Waals surface area contributed by atoms with E-state index in [4.69, 9.17) is 0 Å². The second-order valence-electron chi connectivity index (χ2n) is 7.85. The van der Waals surface area contributed by atoms with Crippen LogP contribution in [-0.2, 0) is 15.1 Å². The van der Waals surface area contributed by atoms with Crippen molar-refractivity contribution in [3.8, 4) is 0 Å². The highest BCUT2D eigenvalue weighted by Crippen LogP contribution is 2.31. The molecule has 0 saturated carbocycles. The number of halogens is 1. The highest BCUT2D eigenvalue weighted by molar-refractivity contribution is 6.09. The number of nitrogens with one attached hydrogen (secondary N) is 2. The van der Waals surface area contributed by atoms with Crippen molar-refractivity contribution in [2.24, 2.45) is 0 Å². The summed E-state index contributed by atoms with van der Waals surface area (Å²) in [6.45, 7) is 2.98. The third-order valence-corrected chi connectivity index (χ3v) is 5.65. The van der Waals surface area contributed by atoms with Gasteiger partial charge in [-0.05, 0) is 53.9 Å². The molecule has 1 fully saturated rings. The summed E-state index contributed by atoms with van der Waals surface area (Å²) in [5, 5.41) is 7.44.